The number of aromatic nitrogens is 1. The van der Waals surface area contributed by atoms with Crippen molar-refractivity contribution in [2.45, 2.75) is 15.6 Å². The van der Waals surface area contributed by atoms with Crippen molar-refractivity contribution in [3.63, 3.8) is 0 Å². The van der Waals surface area contributed by atoms with Crippen LogP contribution < -0.4 is 16.5 Å². The maximum atomic E-state index is 13.7. The van der Waals surface area contributed by atoms with E-state index < -0.39 is 53.3 Å². The SMILES string of the molecule is Nc1nc(/C(=N/OCC(=O)O)C(=O)N[C@@H]2C(=O)N3C(C(=O)O)=C(CSc4cc(=O)c5ccc(F)cc5s4)CS[C@H]23)cs1. The molecular formula is C24H18FN5O8S4. The standard InChI is InChI=1S/C24H18FN5O8S4/c25-10-1-2-11-13(31)4-16(42-14(11)3-10)39-6-9-7-40-22-18(21(35)30(22)19(9)23(36)37)28-20(34)17(29-38-5-15(32)33)12-8-41-24(26)27-12/h1-4,8,18,22H,5-7H2,(H2,26,27)(H,28,34)(H,32,33)(H,36,37)/b29-17-/t18-,22-/m1/s1. The van der Waals surface area contributed by atoms with Crippen LogP contribution in [0, 0.1) is 5.82 Å². The van der Waals surface area contributed by atoms with E-state index in [0.717, 1.165) is 16.2 Å². The molecule has 0 unspecified atom stereocenters. The number of aliphatic carboxylic acids is 2. The van der Waals surface area contributed by atoms with Gasteiger partial charge in [-0.15, -0.1) is 46.2 Å². The summed E-state index contributed by atoms with van der Waals surface area (Å²) < 4.78 is 14.7. The van der Waals surface area contributed by atoms with E-state index in [9.17, 15) is 33.5 Å². The highest BCUT2D eigenvalue weighted by atomic mass is 32.2. The van der Waals surface area contributed by atoms with E-state index in [1.54, 1.807) is 0 Å². The molecule has 3 aromatic rings. The number of halogens is 1. The number of nitrogens with two attached hydrogens (primary N) is 1. The summed E-state index contributed by atoms with van der Waals surface area (Å²) in [5.41, 5.74) is 5.16. The molecule has 0 radical (unpaired) electrons. The summed E-state index contributed by atoms with van der Waals surface area (Å²) in [7, 11) is 0. The largest absolute Gasteiger partial charge is 0.479 e. The smallest absolute Gasteiger partial charge is 0.352 e. The number of oxime groups is 1. The van der Waals surface area contributed by atoms with Crippen LogP contribution in [0.25, 0.3) is 10.1 Å². The number of hydrogen-bond donors (Lipinski definition) is 4. The third kappa shape index (κ3) is 5.96. The lowest BCUT2D eigenvalue weighted by molar-refractivity contribution is -0.150. The fourth-order valence-corrected chi connectivity index (χ4v) is 8.38. The summed E-state index contributed by atoms with van der Waals surface area (Å²) in [5, 5.41) is 26.0. The maximum Gasteiger partial charge on any atom is 0.352 e. The Bertz CT molecular complexity index is 1760. The number of thiazole rings is 1. The van der Waals surface area contributed by atoms with Crippen molar-refractivity contribution in [3.05, 3.63) is 62.7 Å². The minimum absolute atomic E-state index is 0.00415. The van der Waals surface area contributed by atoms with E-state index in [1.165, 1.54) is 64.5 Å². The van der Waals surface area contributed by atoms with Gasteiger partial charge >= 0.3 is 11.9 Å². The molecule has 42 heavy (non-hydrogen) atoms. The molecule has 0 saturated carbocycles. The van der Waals surface area contributed by atoms with Crippen LogP contribution in [0.4, 0.5) is 9.52 Å². The van der Waals surface area contributed by atoms with Crippen LogP contribution in [0.2, 0.25) is 0 Å². The Kier molecular flexibility index (Phi) is 8.48. The second kappa shape index (κ2) is 12.1. The molecule has 0 bridgehead atoms. The number of hydrogen-bond acceptors (Lipinski definition) is 13. The molecule has 0 aliphatic carbocycles. The third-order valence-corrected chi connectivity index (χ3v) is 10.3. The van der Waals surface area contributed by atoms with E-state index in [2.05, 4.69) is 15.5 Å². The number of rotatable bonds is 10. The molecule has 1 aromatic carbocycles. The molecule has 1 fully saturated rings. The van der Waals surface area contributed by atoms with Gasteiger partial charge in [-0.2, -0.15) is 0 Å². The number of carboxylic acid groups (broad SMARTS) is 2. The molecule has 13 nitrogen and oxygen atoms in total. The highest BCUT2D eigenvalue weighted by Gasteiger charge is 2.54. The lowest BCUT2D eigenvalue weighted by atomic mass is 10.0. The zero-order valence-corrected chi connectivity index (χ0v) is 24.2. The summed E-state index contributed by atoms with van der Waals surface area (Å²) in [6.45, 7) is -0.828. The monoisotopic (exact) mass is 651 g/mol. The van der Waals surface area contributed by atoms with Gasteiger partial charge in [0.2, 0.25) is 6.61 Å². The van der Waals surface area contributed by atoms with Crippen LogP contribution in [-0.2, 0) is 24.0 Å². The first-order valence-electron chi connectivity index (χ1n) is 11.7. The Hall–Kier alpha value is -4.00. The Morgan fingerprint density at radius 1 is 1.26 bits per heavy atom. The topological polar surface area (TPSA) is 202 Å². The van der Waals surface area contributed by atoms with Crippen LogP contribution in [0.15, 0.2) is 55.1 Å². The maximum absolute atomic E-state index is 13.7. The summed E-state index contributed by atoms with van der Waals surface area (Å²) in [6, 6.07) is 4.19. The molecular weight excluding hydrogens is 634 g/mol. The Labute approximate surface area is 251 Å². The summed E-state index contributed by atoms with van der Waals surface area (Å²) in [4.78, 5) is 71.3. The first kappa shape index (κ1) is 29.5. The van der Waals surface area contributed by atoms with Gasteiger partial charge in [0.15, 0.2) is 16.3 Å². The number of carbonyl (C=O) groups is 4. The predicted molar refractivity (Wildman–Crippen MR) is 155 cm³/mol. The second-order valence-corrected chi connectivity index (χ2v) is 13.0. The van der Waals surface area contributed by atoms with Gasteiger partial charge in [0.05, 0.1) is 4.21 Å². The van der Waals surface area contributed by atoms with Gasteiger partial charge < -0.3 is 26.1 Å². The van der Waals surface area contributed by atoms with Gasteiger partial charge in [0.1, 0.15) is 28.6 Å². The van der Waals surface area contributed by atoms with Crippen LogP contribution >= 0.6 is 46.2 Å². The fraction of sp³-hybridized carbons (Fsp3) is 0.208. The van der Waals surface area contributed by atoms with Crippen LogP contribution in [0.3, 0.4) is 0 Å². The molecule has 5 N–H and O–H groups in total. The number of anilines is 1. The second-order valence-electron chi connectivity index (χ2n) is 8.66. The van der Waals surface area contributed by atoms with E-state index in [4.69, 9.17) is 15.7 Å². The van der Waals surface area contributed by atoms with E-state index in [1.807, 2.05) is 0 Å². The molecule has 2 amide bonds. The lowest BCUT2D eigenvalue weighted by Crippen LogP contribution is -2.71. The lowest BCUT2D eigenvalue weighted by Gasteiger charge is -2.49. The Morgan fingerprint density at radius 3 is 2.74 bits per heavy atom. The molecule has 18 heteroatoms. The van der Waals surface area contributed by atoms with Crippen molar-refractivity contribution in [1.82, 2.24) is 15.2 Å². The fourth-order valence-electron chi connectivity index (χ4n) is 4.09. The summed E-state index contributed by atoms with van der Waals surface area (Å²) in [6.07, 6.45) is 0. The number of benzene rings is 1. The molecule has 2 aliphatic rings. The third-order valence-electron chi connectivity index (χ3n) is 5.92. The number of fused-ring (bicyclic) bond motifs is 2. The molecule has 0 spiro atoms. The van der Waals surface area contributed by atoms with Gasteiger partial charge in [-0.1, -0.05) is 5.16 Å². The predicted octanol–water partition coefficient (Wildman–Crippen LogP) is 1.78. The van der Waals surface area contributed by atoms with Crippen molar-refractivity contribution in [2.75, 3.05) is 23.8 Å². The number of amides is 2. The van der Waals surface area contributed by atoms with Crippen LogP contribution in [-0.4, -0.2) is 79.1 Å². The number of thioether (sulfide) groups is 2. The molecule has 218 valence electrons. The highest BCUT2D eigenvalue weighted by molar-refractivity contribution is 8.02. The normalized spacial score (nSPS) is 18.5. The van der Waals surface area contributed by atoms with Crippen molar-refractivity contribution in [1.29, 1.82) is 0 Å². The first-order valence-corrected chi connectivity index (χ1v) is 15.5. The molecule has 2 aromatic heterocycles. The number of carbonyl (C=O) groups excluding carboxylic acids is 2. The molecule has 1 saturated heterocycles. The van der Waals surface area contributed by atoms with Crippen molar-refractivity contribution in [2.24, 2.45) is 5.16 Å². The van der Waals surface area contributed by atoms with Crippen molar-refractivity contribution in [3.8, 4) is 0 Å². The highest BCUT2D eigenvalue weighted by Crippen LogP contribution is 2.42. The van der Waals surface area contributed by atoms with E-state index in [-0.39, 0.29) is 33.5 Å². The Morgan fingerprint density at radius 2 is 2.05 bits per heavy atom. The van der Waals surface area contributed by atoms with E-state index in [0.29, 0.717) is 19.9 Å². The Balaban J connectivity index is 1.32. The van der Waals surface area contributed by atoms with Crippen LogP contribution in [0.5, 0.6) is 0 Å². The van der Waals surface area contributed by atoms with E-state index >= 15 is 0 Å². The van der Waals surface area contributed by atoms with Gasteiger partial charge in [0, 0.05) is 33.0 Å². The minimum atomic E-state index is -1.33. The molecule has 4 heterocycles. The average molecular weight is 652 g/mol. The summed E-state index contributed by atoms with van der Waals surface area (Å²) in [5.74, 6) is -4.33. The summed E-state index contributed by atoms with van der Waals surface area (Å²) >= 11 is 4.64. The van der Waals surface area contributed by atoms with Gasteiger partial charge in [-0.3, -0.25) is 19.3 Å². The van der Waals surface area contributed by atoms with Gasteiger partial charge in [0.25, 0.3) is 11.8 Å². The van der Waals surface area contributed by atoms with Crippen LogP contribution in [0.1, 0.15) is 5.69 Å². The first-order chi connectivity index (χ1) is 20.0. The average Bonchev–Trinajstić information content (AvgIpc) is 3.37. The van der Waals surface area contributed by atoms with Gasteiger partial charge in [-0.05, 0) is 23.8 Å². The number of nitrogens with one attached hydrogen (secondary N) is 1. The number of β-lactam (4-membered cyclic amide) rings is 1. The molecule has 2 atom stereocenters. The zero-order valence-electron chi connectivity index (χ0n) is 20.9. The van der Waals surface area contributed by atoms with Crippen molar-refractivity contribution < 1.29 is 38.6 Å². The molecule has 2 aliphatic heterocycles. The molecule has 5 rings (SSSR count). The zero-order chi connectivity index (χ0) is 30.1. The quantitative estimate of drug-likeness (QED) is 0.107. The number of carboxylic acids is 2. The van der Waals surface area contributed by atoms with Crippen molar-refractivity contribution >= 4 is 90.9 Å². The van der Waals surface area contributed by atoms with Gasteiger partial charge in [-0.25, -0.2) is 19.0 Å². The number of nitrogen functional groups attached to an aromatic ring is 1. The number of nitrogens with zero attached hydrogens (tertiary/aromatic N) is 3. The minimum Gasteiger partial charge on any atom is -0.479 e.